The Morgan fingerprint density at radius 2 is 1.46 bits per heavy atom. The van der Waals surface area contributed by atoms with Gasteiger partial charge in [-0.15, -0.1) is 0 Å². The van der Waals surface area contributed by atoms with Gasteiger partial charge in [0.2, 0.25) is 23.6 Å². The number of hydrogen-bond acceptors (Lipinski definition) is 8. The number of carboxylic acid groups (broad SMARTS) is 1. The van der Waals surface area contributed by atoms with Crippen LogP contribution in [0.25, 0.3) is 0 Å². The maximum Gasteiger partial charge on any atom is 0.322 e. The first-order chi connectivity index (χ1) is 13.0. The average Bonchev–Trinajstić information content (AvgIpc) is 2.64. The van der Waals surface area contributed by atoms with E-state index in [0.717, 1.165) is 0 Å². The molecule has 0 bridgehead atoms. The number of rotatable bonds is 12. The van der Waals surface area contributed by atoms with Crippen molar-refractivity contribution >= 4 is 29.6 Å². The molecule has 13 heteroatoms. The van der Waals surface area contributed by atoms with E-state index in [-0.39, 0.29) is 0 Å². The molecular formula is C15H27N5O8. The minimum atomic E-state index is -1.41. The number of aliphatic carboxylic acids is 1. The summed E-state index contributed by atoms with van der Waals surface area (Å²) >= 11 is 0. The third kappa shape index (κ3) is 9.25. The summed E-state index contributed by atoms with van der Waals surface area (Å²) in [4.78, 5) is 57.9. The van der Waals surface area contributed by atoms with E-state index >= 15 is 0 Å². The van der Waals surface area contributed by atoms with E-state index in [9.17, 15) is 29.1 Å². The van der Waals surface area contributed by atoms with Crippen LogP contribution in [0.3, 0.4) is 0 Å². The topological polar surface area (TPSA) is 220 Å². The summed E-state index contributed by atoms with van der Waals surface area (Å²) in [6.07, 6.45) is 0. The molecule has 0 aromatic heterocycles. The minimum Gasteiger partial charge on any atom is -0.480 e. The highest BCUT2D eigenvalue weighted by atomic mass is 16.4. The van der Waals surface area contributed by atoms with Crippen molar-refractivity contribution in [3.63, 3.8) is 0 Å². The Morgan fingerprint density at radius 1 is 0.857 bits per heavy atom. The summed E-state index contributed by atoms with van der Waals surface area (Å²) in [6.45, 7) is 0.646. The van der Waals surface area contributed by atoms with Gasteiger partial charge in [-0.1, -0.05) is 13.8 Å². The van der Waals surface area contributed by atoms with Gasteiger partial charge >= 0.3 is 5.97 Å². The quantitative estimate of drug-likeness (QED) is 0.156. The molecule has 0 aliphatic carbocycles. The molecule has 28 heavy (non-hydrogen) atoms. The molecule has 0 rings (SSSR count). The molecular weight excluding hydrogens is 378 g/mol. The highest BCUT2D eigenvalue weighted by Crippen LogP contribution is 2.03. The first-order valence-electron chi connectivity index (χ1n) is 8.37. The molecule has 13 nitrogen and oxygen atoms in total. The van der Waals surface area contributed by atoms with Crippen LogP contribution >= 0.6 is 0 Å². The number of aliphatic hydroxyl groups excluding tert-OH is 2. The average molecular weight is 405 g/mol. The van der Waals surface area contributed by atoms with Crippen molar-refractivity contribution in [2.75, 3.05) is 26.3 Å². The Hall–Kier alpha value is -2.77. The van der Waals surface area contributed by atoms with Gasteiger partial charge in [0.05, 0.1) is 19.8 Å². The first kappa shape index (κ1) is 25.2. The van der Waals surface area contributed by atoms with Crippen molar-refractivity contribution in [2.45, 2.75) is 32.0 Å². The number of nitrogens with two attached hydrogens (primary N) is 1. The molecule has 9 N–H and O–H groups in total. The molecule has 160 valence electrons. The maximum atomic E-state index is 12.4. The molecule has 0 aliphatic heterocycles. The van der Waals surface area contributed by atoms with Crippen molar-refractivity contribution in [1.82, 2.24) is 21.3 Å². The zero-order valence-corrected chi connectivity index (χ0v) is 15.6. The Labute approximate surface area is 161 Å². The molecule has 0 spiro atoms. The molecule has 3 atom stereocenters. The van der Waals surface area contributed by atoms with Crippen molar-refractivity contribution in [1.29, 1.82) is 0 Å². The zero-order chi connectivity index (χ0) is 21.9. The van der Waals surface area contributed by atoms with Crippen LogP contribution < -0.4 is 27.0 Å². The number of carbonyl (C=O) groups excluding carboxylic acids is 4. The fourth-order valence-corrected chi connectivity index (χ4v) is 1.86. The molecule has 0 saturated heterocycles. The number of carbonyl (C=O) groups is 5. The summed E-state index contributed by atoms with van der Waals surface area (Å²) in [6, 6.07) is -3.73. The largest absolute Gasteiger partial charge is 0.480 e. The standard InChI is InChI=1S/C15H27N5O8/c1-7(2)12(20-13(26)8(16)5-21)15(28)19-9(6-22)14(27)18-3-10(23)17-4-11(24)25/h7-9,12,21-22H,3-6,16H2,1-2H3,(H,17,23)(H,18,27)(H,19,28)(H,20,26)(H,24,25)/t8-,9-,12-/m0/s1. The summed E-state index contributed by atoms with van der Waals surface area (Å²) in [5.74, 6) is -4.87. The van der Waals surface area contributed by atoms with Crippen LogP contribution in [-0.4, -0.2) is 89.3 Å². The van der Waals surface area contributed by atoms with Crippen molar-refractivity contribution in [3.05, 3.63) is 0 Å². The molecule has 0 heterocycles. The first-order valence-corrected chi connectivity index (χ1v) is 8.37. The van der Waals surface area contributed by atoms with E-state index in [4.69, 9.17) is 15.9 Å². The monoisotopic (exact) mass is 405 g/mol. The summed E-state index contributed by atoms with van der Waals surface area (Å²) in [7, 11) is 0. The number of aliphatic hydroxyl groups is 2. The van der Waals surface area contributed by atoms with Gasteiger partial charge in [0.15, 0.2) is 0 Å². The van der Waals surface area contributed by atoms with E-state index < -0.39 is 79.9 Å². The number of nitrogens with one attached hydrogen (secondary N) is 4. The second-order valence-electron chi connectivity index (χ2n) is 6.15. The third-order valence-electron chi connectivity index (χ3n) is 3.46. The highest BCUT2D eigenvalue weighted by molar-refractivity contribution is 5.94. The maximum absolute atomic E-state index is 12.4. The van der Waals surface area contributed by atoms with Crippen LogP contribution in [0.4, 0.5) is 0 Å². The van der Waals surface area contributed by atoms with Crippen LogP contribution in [-0.2, 0) is 24.0 Å². The smallest absolute Gasteiger partial charge is 0.322 e. The van der Waals surface area contributed by atoms with Crippen LogP contribution in [0.15, 0.2) is 0 Å². The Balaban J connectivity index is 4.79. The number of hydrogen-bond donors (Lipinski definition) is 8. The lowest BCUT2D eigenvalue weighted by Crippen LogP contribution is -2.58. The van der Waals surface area contributed by atoms with Gasteiger partial charge in [0.1, 0.15) is 24.7 Å². The summed E-state index contributed by atoms with van der Waals surface area (Å²) < 4.78 is 0. The molecule has 0 saturated carbocycles. The Bertz CT molecular complexity index is 583. The molecule has 0 aromatic rings. The fourth-order valence-electron chi connectivity index (χ4n) is 1.86. The van der Waals surface area contributed by atoms with Gasteiger partial charge in [0, 0.05) is 0 Å². The van der Waals surface area contributed by atoms with Crippen molar-refractivity contribution in [3.8, 4) is 0 Å². The predicted molar refractivity (Wildman–Crippen MR) is 94.5 cm³/mol. The summed E-state index contributed by atoms with van der Waals surface area (Å²) in [5.41, 5.74) is 5.38. The molecule has 4 amide bonds. The van der Waals surface area contributed by atoms with Gasteiger partial charge in [0.25, 0.3) is 0 Å². The SMILES string of the molecule is CC(C)[C@H](NC(=O)[C@@H](N)CO)C(=O)N[C@@H](CO)C(=O)NCC(=O)NCC(=O)O. The number of carboxylic acids is 1. The van der Waals surface area contributed by atoms with Crippen LogP contribution in [0.2, 0.25) is 0 Å². The lowest BCUT2D eigenvalue weighted by molar-refractivity contribution is -0.138. The lowest BCUT2D eigenvalue weighted by atomic mass is 10.0. The van der Waals surface area contributed by atoms with Gasteiger partial charge in [-0.3, -0.25) is 24.0 Å². The lowest BCUT2D eigenvalue weighted by Gasteiger charge is -2.25. The Kier molecular flexibility index (Phi) is 11.3. The third-order valence-corrected chi connectivity index (χ3v) is 3.46. The zero-order valence-electron chi connectivity index (χ0n) is 15.6. The molecule has 0 fully saturated rings. The molecule has 0 radical (unpaired) electrons. The van der Waals surface area contributed by atoms with Crippen LogP contribution in [0, 0.1) is 5.92 Å². The Morgan fingerprint density at radius 3 is 1.93 bits per heavy atom. The van der Waals surface area contributed by atoms with Gasteiger partial charge < -0.3 is 42.3 Å². The molecule has 0 aliphatic rings. The number of amides is 4. The van der Waals surface area contributed by atoms with E-state index in [1.807, 2.05) is 5.32 Å². The van der Waals surface area contributed by atoms with Gasteiger partial charge in [-0.25, -0.2) is 0 Å². The van der Waals surface area contributed by atoms with Gasteiger partial charge in [-0.05, 0) is 5.92 Å². The normalized spacial score (nSPS) is 13.8. The second kappa shape index (κ2) is 12.6. The van der Waals surface area contributed by atoms with Crippen LogP contribution in [0.1, 0.15) is 13.8 Å². The van der Waals surface area contributed by atoms with E-state index in [1.54, 1.807) is 13.8 Å². The second-order valence-corrected chi connectivity index (χ2v) is 6.15. The summed E-state index contributed by atoms with van der Waals surface area (Å²) in [5, 5.41) is 35.4. The van der Waals surface area contributed by atoms with Crippen molar-refractivity contribution in [2.24, 2.45) is 11.7 Å². The molecule has 0 aromatic carbocycles. The predicted octanol–water partition coefficient (Wildman–Crippen LogP) is -4.76. The fraction of sp³-hybridized carbons (Fsp3) is 0.667. The van der Waals surface area contributed by atoms with Gasteiger partial charge in [-0.2, -0.15) is 0 Å². The molecule has 0 unspecified atom stereocenters. The minimum absolute atomic E-state index is 0.404. The van der Waals surface area contributed by atoms with Crippen molar-refractivity contribution < 1.29 is 39.3 Å². The van der Waals surface area contributed by atoms with Crippen LogP contribution in [0.5, 0.6) is 0 Å². The van der Waals surface area contributed by atoms with E-state index in [2.05, 4.69) is 16.0 Å². The van der Waals surface area contributed by atoms with E-state index in [0.29, 0.717) is 0 Å². The highest BCUT2D eigenvalue weighted by Gasteiger charge is 2.29. The van der Waals surface area contributed by atoms with E-state index in [1.165, 1.54) is 0 Å².